The molecule has 0 amide bonds. The van der Waals surface area contributed by atoms with E-state index < -0.39 is 0 Å². The van der Waals surface area contributed by atoms with Gasteiger partial charge in [-0.2, -0.15) is 0 Å². The van der Waals surface area contributed by atoms with E-state index >= 15 is 0 Å². The molecule has 0 unspecified atom stereocenters. The fourth-order valence-corrected chi connectivity index (χ4v) is 4.06. The van der Waals surface area contributed by atoms with E-state index in [1.807, 2.05) is 32.1 Å². The third kappa shape index (κ3) is 6.45. The molecule has 0 saturated carbocycles. The number of hydrogen-bond acceptors (Lipinski definition) is 4. The number of fused-ring (bicyclic) bond motifs is 1. The first-order valence-corrected chi connectivity index (χ1v) is 12.2. The van der Waals surface area contributed by atoms with Gasteiger partial charge in [0.2, 0.25) is 0 Å². The summed E-state index contributed by atoms with van der Waals surface area (Å²) in [5.74, 6) is 0.195. The lowest BCUT2D eigenvalue weighted by Gasteiger charge is -2.12. The van der Waals surface area contributed by atoms with Crippen LogP contribution >= 0.6 is 0 Å². The SMILES string of the molecule is C#C.C=C/C(=C\C(=C/C)c1cnc(N)c(Cc2cc3c(-c4cccc(F)c4)cncc3[nH]2)c1)NC(=C)CC. The van der Waals surface area contributed by atoms with E-state index in [1.54, 1.807) is 30.7 Å². The molecular formula is C32H32FN5. The fourth-order valence-electron chi connectivity index (χ4n) is 4.06. The minimum absolute atomic E-state index is 0.279. The Morgan fingerprint density at radius 3 is 2.66 bits per heavy atom. The fraction of sp³-hybridized carbons (Fsp3) is 0.125. The van der Waals surface area contributed by atoms with Gasteiger partial charge in [-0.3, -0.25) is 4.98 Å². The minimum atomic E-state index is -0.279. The van der Waals surface area contributed by atoms with Crippen molar-refractivity contribution in [1.29, 1.82) is 0 Å². The molecule has 0 fully saturated rings. The Balaban J connectivity index is 0.00000195. The van der Waals surface area contributed by atoms with Crippen LogP contribution < -0.4 is 11.1 Å². The molecule has 0 aliphatic carbocycles. The highest BCUT2D eigenvalue weighted by Gasteiger charge is 2.12. The largest absolute Gasteiger partial charge is 0.383 e. The molecule has 0 atom stereocenters. The van der Waals surface area contributed by atoms with Crippen molar-refractivity contribution in [3.63, 3.8) is 0 Å². The number of benzene rings is 1. The Kier molecular flexibility index (Phi) is 9.39. The van der Waals surface area contributed by atoms with Gasteiger partial charge < -0.3 is 16.0 Å². The zero-order valence-corrected chi connectivity index (χ0v) is 21.8. The van der Waals surface area contributed by atoms with Crippen LogP contribution in [0.3, 0.4) is 0 Å². The number of nitrogens with one attached hydrogen (secondary N) is 2. The Labute approximate surface area is 223 Å². The van der Waals surface area contributed by atoms with Crippen LogP contribution in [-0.2, 0) is 6.42 Å². The van der Waals surface area contributed by atoms with Crippen molar-refractivity contribution in [3.8, 4) is 24.0 Å². The second-order valence-corrected chi connectivity index (χ2v) is 8.53. The highest BCUT2D eigenvalue weighted by molar-refractivity contribution is 5.94. The van der Waals surface area contributed by atoms with E-state index in [2.05, 4.69) is 58.4 Å². The number of pyridine rings is 2. The number of nitrogen functional groups attached to an aromatic ring is 1. The quantitative estimate of drug-likeness (QED) is 0.166. The maximum absolute atomic E-state index is 13.8. The maximum atomic E-state index is 13.8. The minimum Gasteiger partial charge on any atom is -0.383 e. The molecular weight excluding hydrogens is 473 g/mol. The van der Waals surface area contributed by atoms with Gasteiger partial charge in [0.25, 0.3) is 0 Å². The molecule has 5 nitrogen and oxygen atoms in total. The molecule has 3 aromatic heterocycles. The molecule has 3 heterocycles. The van der Waals surface area contributed by atoms with Gasteiger partial charge in [-0.25, -0.2) is 9.37 Å². The van der Waals surface area contributed by atoms with E-state index in [-0.39, 0.29) is 5.82 Å². The van der Waals surface area contributed by atoms with Crippen LogP contribution in [0.25, 0.3) is 27.6 Å². The number of anilines is 1. The number of rotatable bonds is 9. The van der Waals surface area contributed by atoms with Crippen molar-refractivity contribution in [2.75, 3.05) is 5.73 Å². The predicted molar refractivity (Wildman–Crippen MR) is 157 cm³/mol. The first-order chi connectivity index (χ1) is 18.4. The third-order valence-corrected chi connectivity index (χ3v) is 6.04. The molecule has 6 heteroatoms. The van der Waals surface area contributed by atoms with E-state index in [0.717, 1.165) is 62.2 Å². The molecule has 0 spiro atoms. The summed E-state index contributed by atoms with van der Waals surface area (Å²) in [6.45, 7) is 11.9. The standard InChI is InChI=1S/C30H30FN5.C2H2/c1-5-19(4)35-25(7-3)13-20(6-2)23-11-22(30(32)34-16-23)14-26-15-27-28(17-33-18-29(27)36-26)21-9-8-10-24(31)12-21;1-2/h6-13,15-18,35-36H,3-5,14H2,1-2H3,(H2,32,34);1-2H/b20-6+,25-13+;. The van der Waals surface area contributed by atoms with E-state index in [1.165, 1.54) is 12.1 Å². The van der Waals surface area contributed by atoms with Gasteiger partial charge in [-0.1, -0.05) is 38.3 Å². The molecule has 38 heavy (non-hydrogen) atoms. The number of hydrogen-bond donors (Lipinski definition) is 3. The van der Waals surface area contributed by atoms with Crippen molar-refractivity contribution in [3.05, 3.63) is 120 Å². The summed E-state index contributed by atoms with van der Waals surface area (Å²) in [4.78, 5) is 12.2. The number of halogens is 1. The topological polar surface area (TPSA) is 79.6 Å². The number of terminal acetylenes is 1. The highest BCUT2D eigenvalue weighted by atomic mass is 19.1. The normalized spacial score (nSPS) is 11.5. The molecule has 0 aliphatic rings. The Bertz CT molecular complexity index is 1540. The van der Waals surface area contributed by atoms with Crippen molar-refractivity contribution in [2.45, 2.75) is 26.7 Å². The van der Waals surface area contributed by atoms with Gasteiger partial charge in [0.15, 0.2) is 0 Å². The van der Waals surface area contributed by atoms with Gasteiger partial charge >= 0.3 is 0 Å². The number of nitrogens with two attached hydrogens (primary N) is 1. The Morgan fingerprint density at radius 2 is 1.97 bits per heavy atom. The van der Waals surface area contributed by atoms with Gasteiger partial charge in [-0.05, 0) is 60.9 Å². The van der Waals surface area contributed by atoms with Gasteiger partial charge in [0, 0.05) is 58.0 Å². The number of H-pyrrole nitrogens is 1. The van der Waals surface area contributed by atoms with Gasteiger partial charge in [0.05, 0.1) is 11.7 Å². The first kappa shape index (κ1) is 27.7. The summed E-state index contributed by atoms with van der Waals surface area (Å²) in [7, 11) is 0. The van der Waals surface area contributed by atoms with Crippen LogP contribution in [0.15, 0.2) is 97.8 Å². The molecule has 4 N–H and O–H groups in total. The monoisotopic (exact) mass is 505 g/mol. The summed E-state index contributed by atoms with van der Waals surface area (Å²) in [5, 5.41) is 4.26. The van der Waals surface area contributed by atoms with Crippen LogP contribution in [0, 0.1) is 18.7 Å². The van der Waals surface area contributed by atoms with Crippen LogP contribution in [-0.4, -0.2) is 15.0 Å². The average molecular weight is 506 g/mol. The lowest BCUT2D eigenvalue weighted by Crippen LogP contribution is -2.09. The van der Waals surface area contributed by atoms with Crippen molar-refractivity contribution >= 4 is 22.3 Å². The summed E-state index contributed by atoms with van der Waals surface area (Å²) in [6, 6.07) is 10.7. The van der Waals surface area contributed by atoms with Crippen LogP contribution in [0.5, 0.6) is 0 Å². The molecule has 4 rings (SSSR count). The van der Waals surface area contributed by atoms with E-state index in [0.29, 0.717) is 12.2 Å². The van der Waals surface area contributed by atoms with Crippen molar-refractivity contribution in [1.82, 2.24) is 20.3 Å². The smallest absolute Gasteiger partial charge is 0.126 e. The highest BCUT2D eigenvalue weighted by Crippen LogP contribution is 2.30. The van der Waals surface area contributed by atoms with E-state index in [4.69, 9.17) is 5.73 Å². The number of allylic oxidation sites excluding steroid dienone is 5. The second-order valence-electron chi connectivity index (χ2n) is 8.53. The van der Waals surface area contributed by atoms with Crippen LogP contribution in [0.4, 0.5) is 10.2 Å². The van der Waals surface area contributed by atoms with Gasteiger partial charge in [0.1, 0.15) is 11.6 Å². The zero-order valence-electron chi connectivity index (χ0n) is 21.8. The Morgan fingerprint density at radius 1 is 1.18 bits per heavy atom. The number of nitrogens with zero attached hydrogens (tertiary/aromatic N) is 2. The summed E-state index contributed by atoms with van der Waals surface area (Å²) in [6.07, 6.45) is 20.5. The summed E-state index contributed by atoms with van der Waals surface area (Å²) >= 11 is 0. The summed E-state index contributed by atoms with van der Waals surface area (Å²) < 4.78 is 13.8. The second kappa shape index (κ2) is 12.9. The molecule has 0 saturated heterocycles. The molecule has 192 valence electrons. The molecule has 0 bridgehead atoms. The Hall–Kier alpha value is -4.89. The van der Waals surface area contributed by atoms with Crippen molar-refractivity contribution in [2.24, 2.45) is 0 Å². The van der Waals surface area contributed by atoms with E-state index in [9.17, 15) is 4.39 Å². The number of aromatic nitrogens is 3. The zero-order chi connectivity index (χ0) is 27.7. The lowest BCUT2D eigenvalue weighted by molar-refractivity contribution is 0.628. The predicted octanol–water partition coefficient (Wildman–Crippen LogP) is 7.17. The summed E-state index contributed by atoms with van der Waals surface area (Å²) in [5.41, 5.74) is 14.4. The van der Waals surface area contributed by atoms with Crippen LogP contribution in [0.2, 0.25) is 0 Å². The first-order valence-electron chi connectivity index (χ1n) is 12.2. The molecule has 1 aromatic carbocycles. The maximum Gasteiger partial charge on any atom is 0.126 e. The van der Waals surface area contributed by atoms with Crippen molar-refractivity contribution < 1.29 is 4.39 Å². The lowest BCUT2D eigenvalue weighted by atomic mass is 10.0. The average Bonchev–Trinajstić information content (AvgIpc) is 3.36. The molecule has 4 aromatic rings. The third-order valence-electron chi connectivity index (χ3n) is 6.04. The van der Waals surface area contributed by atoms with Gasteiger partial charge in [-0.15, -0.1) is 12.8 Å². The molecule has 0 aliphatic heterocycles. The van der Waals surface area contributed by atoms with Crippen LogP contribution in [0.1, 0.15) is 37.1 Å². The number of aromatic amines is 1. The molecule has 0 radical (unpaired) electrons.